The monoisotopic (exact) mass is 225 g/mol. The van der Waals surface area contributed by atoms with Crippen LogP contribution in [0.1, 0.15) is 5.56 Å². The van der Waals surface area contributed by atoms with Crippen molar-refractivity contribution < 1.29 is 4.42 Å². The van der Waals surface area contributed by atoms with Crippen molar-refractivity contribution in [3.05, 3.63) is 64.8 Å². The molecule has 0 saturated heterocycles. The topological polar surface area (TPSA) is 35.1 Å². The van der Waals surface area contributed by atoms with E-state index in [0.29, 0.717) is 5.58 Å². The van der Waals surface area contributed by atoms with Gasteiger partial charge in [-0.2, -0.15) is 0 Å². The highest BCUT2D eigenvalue weighted by molar-refractivity contribution is 5.87. The van der Waals surface area contributed by atoms with Crippen LogP contribution in [0, 0.1) is 6.92 Å². The van der Waals surface area contributed by atoms with Gasteiger partial charge in [-0.15, -0.1) is 0 Å². The van der Waals surface area contributed by atoms with Gasteiger partial charge in [0.2, 0.25) is 0 Å². The molecule has 1 aromatic carbocycles. The smallest absolute Gasteiger partial charge is 0.336 e. The van der Waals surface area contributed by atoms with E-state index in [1.54, 1.807) is 0 Å². The van der Waals surface area contributed by atoms with E-state index in [2.05, 4.69) is 0 Å². The van der Waals surface area contributed by atoms with E-state index in [0.717, 1.165) is 16.6 Å². The molecule has 3 rings (SSSR count). The average molecular weight is 225 g/mol. The highest BCUT2D eigenvalue weighted by Gasteiger charge is 2.07. The van der Waals surface area contributed by atoms with Crippen molar-refractivity contribution in [2.24, 2.45) is 0 Å². The minimum absolute atomic E-state index is 0.320. The minimum Gasteiger partial charge on any atom is -0.423 e. The fourth-order valence-corrected chi connectivity index (χ4v) is 2.07. The summed E-state index contributed by atoms with van der Waals surface area (Å²) in [5.74, 6) is 0. The first-order valence-corrected chi connectivity index (χ1v) is 5.42. The van der Waals surface area contributed by atoms with Gasteiger partial charge >= 0.3 is 5.63 Å². The van der Waals surface area contributed by atoms with E-state index in [1.165, 1.54) is 6.07 Å². The Hall–Kier alpha value is -2.29. The summed E-state index contributed by atoms with van der Waals surface area (Å²) in [7, 11) is 0. The molecule has 0 bridgehead atoms. The van der Waals surface area contributed by atoms with Gasteiger partial charge < -0.3 is 8.98 Å². The molecule has 2 heterocycles. The molecule has 84 valence electrons. The van der Waals surface area contributed by atoms with Gasteiger partial charge in [0.1, 0.15) is 5.58 Å². The van der Waals surface area contributed by atoms with Crippen molar-refractivity contribution in [2.75, 3.05) is 0 Å². The molecule has 3 heteroatoms. The second-order valence-electron chi connectivity index (χ2n) is 3.99. The summed E-state index contributed by atoms with van der Waals surface area (Å²) in [4.78, 5) is 11.2. The van der Waals surface area contributed by atoms with Crippen molar-refractivity contribution in [3.8, 4) is 5.69 Å². The zero-order valence-electron chi connectivity index (χ0n) is 9.38. The summed E-state index contributed by atoms with van der Waals surface area (Å²) < 4.78 is 7.21. The van der Waals surface area contributed by atoms with Gasteiger partial charge in [-0.1, -0.05) is 6.07 Å². The number of hydrogen-bond donors (Lipinski definition) is 0. The van der Waals surface area contributed by atoms with Gasteiger partial charge in [-0.3, -0.25) is 0 Å². The molecule has 0 unspecified atom stereocenters. The van der Waals surface area contributed by atoms with Crippen molar-refractivity contribution in [1.82, 2.24) is 4.57 Å². The van der Waals surface area contributed by atoms with Crippen LogP contribution < -0.4 is 5.63 Å². The Morgan fingerprint density at radius 3 is 2.59 bits per heavy atom. The van der Waals surface area contributed by atoms with Crippen molar-refractivity contribution >= 4 is 11.0 Å². The van der Waals surface area contributed by atoms with Crippen molar-refractivity contribution in [1.29, 1.82) is 0 Å². The predicted octanol–water partition coefficient (Wildman–Crippen LogP) is 2.89. The normalized spacial score (nSPS) is 10.9. The average Bonchev–Trinajstić information content (AvgIpc) is 2.82. The lowest BCUT2D eigenvalue weighted by molar-refractivity contribution is 0.561. The standard InChI is InChI=1S/C14H11NO2/c1-10-4-6-12-11(5-7-13(16)17-12)14(10)15-8-2-3-9-15/h2-9H,1H3. The van der Waals surface area contributed by atoms with Crippen LogP contribution in [0.25, 0.3) is 16.7 Å². The molecular formula is C14H11NO2. The summed E-state index contributed by atoms with van der Waals surface area (Å²) in [6.07, 6.45) is 3.96. The summed E-state index contributed by atoms with van der Waals surface area (Å²) in [6.45, 7) is 2.04. The molecule has 0 N–H and O–H groups in total. The lowest BCUT2D eigenvalue weighted by Crippen LogP contribution is -1.99. The number of rotatable bonds is 1. The van der Waals surface area contributed by atoms with Crippen molar-refractivity contribution in [2.45, 2.75) is 6.92 Å². The molecule has 0 aliphatic heterocycles. The molecule has 0 fully saturated rings. The van der Waals surface area contributed by atoms with E-state index < -0.39 is 0 Å². The Bertz CT molecular complexity index is 724. The van der Waals surface area contributed by atoms with Gasteiger partial charge in [0, 0.05) is 23.8 Å². The minimum atomic E-state index is -0.320. The molecule has 17 heavy (non-hydrogen) atoms. The third kappa shape index (κ3) is 1.56. The highest BCUT2D eigenvalue weighted by Crippen LogP contribution is 2.24. The molecule has 2 aromatic heterocycles. The van der Waals surface area contributed by atoms with Crippen LogP contribution in [0.5, 0.6) is 0 Å². The number of nitrogens with zero attached hydrogens (tertiary/aromatic N) is 1. The number of fused-ring (bicyclic) bond motifs is 1. The summed E-state index contributed by atoms with van der Waals surface area (Å²) in [6, 6.07) is 11.0. The molecule has 0 amide bonds. The summed E-state index contributed by atoms with van der Waals surface area (Å²) >= 11 is 0. The Morgan fingerprint density at radius 2 is 1.82 bits per heavy atom. The Labute approximate surface area is 97.9 Å². The molecule has 0 aliphatic rings. The Kier molecular flexibility index (Phi) is 2.11. The first kappa shape index (κ1) is 9.90. The first-order chi connectivity index (χ1) is 8.25. The molecule has 0 atom stereocenters. The highest BCUT2D eigenvalue weighted by atomic mass is 16.4. The SMILES string of the molecule is Cc1ccc2oc(=O)ccc2c1-n1cccc1. The van der Waals surface area contributed by atoms with Crippen LogP contribution in [-0.2, 0) is 0 Å². The maximum atomic E-state index is 11.2. The Balaban J connectivity index is 2.44. The third-order valence-electron chi connectivity index (χ3n) is 2.84. The third-order valence-corrected chi connectivity index (χ3v) is 2.84. The zero-order valence-corrected chi connectivity index (χ0v) is 9.38. The van der Waals surface area contributed by atoms with Crippen LogP contribution in [0.15, 0.2) is 58.0 Å². The maximum Gasteiger partial charge on any atom is 0.336 e. The fourth-order valence-electron chi connectivity index (χ4n) is 2.07. The maximum absolute atomic E-state index is 11.2. The number of hydrogen-bond acceptors (Lipinski definition) is 2. The van der Waals surface area contributed by atoms with E-state index in [9.17, 15) is 4.79 Å². The second-order valence-corrected chi connectivity index (χ2v) is 3.99. The van der Waals surface area contributed by atoms with Gasteiger partial charge in [0.05, 0.1) is 5.69 Å². The molecule has 0 spiro atoms. The van der Waals surface area contributed by atoms with E-state index in [4.69, 9.17) is 4.42 Å². The molecule has 0 radical (unpaired) electrons. The van der Waals surface area contributed by atoms with Gasteiger partial charge in [-0.25, -0.2) is 4.79 Å². The summed E-state index contributed by atoms with van der Waals surface area (Å²) in [5, 5.41) is 0.945. The lowest BCUT2D eigenvalue weighted by atomic mass is 10.1. The fraction of sp³-hybridized carbons (Fsp3) is 0.0714. The summed E-state index contributed by atoms with van der Waals surface area (Å²) in [5.41, 5.74) is 2.49. The quantitative estimate of drug-likeness (QED) is 0.597. The first-order valence-electron chi connectivity index (χ1n) is 5.42. The predicted molar refractivity (Wildman–Crippen MR) is 66.5 cm³/mol. The van der Waals surface area contributed by atoms with Crippen LogP contribution in [0.3, 0.4) is 0 Å². The molecule has 3 nitrogen and oxygen atoms in total. The molecular weight excluding hydrogens is 214 g/mol. The van der Waals surface area contributed by atoms with E-state index in [-0.39, 0.29) is 5.63 Å². The molecule has 0 aliphatic carbocycles. The van der Waals surface area contributed by atoms with Crippen molar-refractivity contribution in [3.63, 3.8) is 0 Å². The van der Waals surface area contributed by atoms with E-state index >= 15 is 0 Å². The zero-order chi connectivity index (χ0) is 11.8. The number of benzene rings is 1. The number of aryl methyl sites for hydroxylation is 1. The molecule has 3 aromatic rings. The van der Waals surface area contributed by atoms with Gasteiger partial charge in [0.25, 0.3) is 0 Å². The largest absolute Gasteiger partial charge is 0.423 e. The van der Waals surface area contributed by atoms with Crippen LogP contribution in [0.2, 0.25) is 0 Å². The van der Waals surface area contributed by atoms with Crippen LogP contribution in [0.4, 0.5) is 0 Å². The van der Waals surface area contributed by atoms with E-state index in [1.807, 2.05) is 54.2 Å². The van der Waals surface area contributed by atoms with Crippen LogP contribution in [-0.4, -0.2) is 4.57 Å². The second kappa shape index (κ2) is 3.63. The van der Waals surface area contributed by atoms with Gasteiger partial charge in [-0.05, 0) is 36.8 Å². The van der Waals surface area contributed by atoms with Gasteiger partial charge in [0.15, 0.2) is 0 Å². The lowest BCUT2D eigenvalue weighted by Gasteiger charge is -2.10. The molecule has 0 saturated carbocycles. The Morgan fingerprint density at radius 1 is 1.06 bits per heavy atom. The van der Waals surface area contributed by atoms with Crippen LogP contribution >= 0.6 is 0 Å². The number of aromatic nitrogens is 1.